The number of carboxylic acids is 1. The number of carboxylic acid groups (broad SMARTS) is 1. The first-order valence-electron chi connectivity index (χ1n) is 5.66. The van der Waals surface area contributed by atoms with Crippen molar-refractivity contribution in [2.24, 2.45) is 0 Å². The number of hydrogen-bond donors (Lipinski definition) is 1. The van der Waals surface area contributed by atoms with Crippen molar-refractivity contribution in [3.05, 3.63) is 0 Å². The summed E-state index contributed by atoms with van der Waals surface area (Å²) in [4.78, 5) is 12.9. The van der Waals surface area contributed by atoms with Gasteiger partial charge < -0.3 is 10.0 Å². The topological polar surface area (TPSA) is 40.5 Å². The zero-order chi connectivity index (χ0) is 10.4. The third-order valence-electron chi connectivity index (χ3n) is 2.98. The molecule has 0 bridgehead atoms. The minimum absolute atomic E-state index is 0.200. The fourth-order valence-electron chi connectivity index (χ4n) is 2.09. The Morgan fingerprint density at radius 1 is 1.21 bits per heavy atom. The number of aliphatic carboxylic acids is 1. The summed E-state index contributed by atoms with van der Waals surface area (Å²) in [6.45, 7) is 4.18. The van der Waals surface area contributed by atoms with E-state index in [2.05, 4.69) is 4.90 Å². The van der Waals surface area contributed by atoms with Crippen LogP contribution in [0.25, 0.3) is 0 Å². The first-order valence-corrected chi connectivity index (χ1v) is 5.66. The molecular weight excluding hydrogens is 178 g/mol. The second-order valence-corrected chi connectivity index (χ2v) is 4.25. The molecular formula is C11H21NO2. The van der Waals surface area contributed by atoms with Gasteiger partial charge in [0.2, 0.25) is 0 Å². The van der Waals surface area contributed by atoms with Gasteiger partial charge in [-0.05, 0) is 32.9 Å². The first kappa shape index (κ1) is 11.5. The van der Waals surface area contributed by atoms with E-state index in [9.17, 15) is 4.79 Å². The summed E-state index contributed by atoms with van der Waals surface area (Å²) in [6.07, 6.45) is 6.68. The van der Waals surface area contributed by atoms with E-state index < -0.39 is 5.97 Å². The molecule has 0 aliphatic carbocycles. The Morgan fingerprint density at radius 2 is 1.71 bits per heavy atom. The summed E-state index contributed by atoms with van der Waals surface area (Å²) in [6, 6.07) is 0.200. The molecule has 0 saturated carbocycles. The summed E-state index contributed by atoms with van der Waals surface area (Å²) in [7, 11) is 0. The van der Waals surface area contributed by atoms with Crippen molar-refractivity contribution in [1.29, 1.82) is 0 Å². The Labute approximate surface area is 86.1 Å². The van der Waals surface area contributed by atoms with Crippen LogP contribution in [0.5, 0.6) is 0 Å². The van der Waals surface area contributed by atoms with Gasteiger partial charge in [-0.2, -0.15) is 0 Å². The predicted octanol–water partition coefficient (Wildman–Crippen LogP) is 2.12. The molecule has 1 aliphatic rings. The smallest absolute Gasteiger partial charge is 0.304 e. The van der Waals surface area contributed by atoms with Gasteiger partial charge in [0, 0.05) is 6.04 Å². The van der Waals surface area contributed by atoms with Crippen LogP contribution >= 0.6 is 0 Å². The monoisotopic (exact) mass is 199 g/mol. The highest BCUT2D eigenvalue weighted by Gasteiger charge is 2.17. The van der Waals surface area contributed by atoms with Crippen molar-refractivity contribution in [2.75, 3.05) is 13.1 Å². The average molecular weight is 199 g/mol. The van der Waals surface area contributed by atoms with Crippen LogP contribution in [0.3, 0.4) is 0 Å². The highest BCUT2D eigenvalue weighted by molar-refractivity contribution is 5.67. The molecule has 3 heteroatoms. The van der Waals surface area contributed by atoms with Crippen LogP contribution < -0.4 is 0 Å². The summed E-state index contributed by atoms with van der Waals surface area (Å²) in [5.41, 5.74) is 0. The van der Waals surface area contributed by atoms with E-state index in [1.165, 1.54) is 32.1 Å². The van der Waals surface area contributed by atoms with Crippen LogP contribution in [-0.4, -0.2) is 35.1 Å². The van der Waals surface area contributed by atoms with Gasteiger partial charge in [-0.25, -0.2) is 0 Å². The molecule has 1 N–H and O–H groups in total. The van der Waals surface area contributed by atoms with Crippen molar-refractivity contribution >= 4 is 5.97 Å². The summed E-state index contributed by atoms with van der Waals surface area (Å²) >= 11 is 0. The first-order chi connectivity index (χ1) is 6.70. The van der Waals surface area contributed by atoms with E-state index in [0.717, 1.165) is 13.1 Å². The van der Waals surface area contributed by atoms with E-state index in [1.54, 1.807) is 0 Å². The molecule has 1 aliphatic heterocycles. The van der Waals surface area contributed by atoms with Crippen LogP contribution in [0, 0.1) is 0 Å². The molecule has 1 atom stereocenters. The van der Waals surface area contributed by atoms with Gasteiger partial charge in [-0.1, -0.05) is 19.3 Å². The minimum Gasteiger partial charge on any atom is -0.481 e. The number of hydrogen-bond acceptors (Lipinski definition) is 2. The van der Waals surface area contributed by atoms with Crippen molar-refractivity contribution in [3.63, 3.8) is 0 Å². The Kier molecular flexibility index (Phi) is 4.94. The average Bonchev–Trinajstić information content (AvgIpc) is 2.00. The molecule has 0 radical (unpaired) electrons. The highest BCUT2D eigenvalue weighted by atomic mass is 16.4. The van der Waals surface area contributed by atoms with E-state index in [-0.39, 0.29) is 12.5 Å². The van der Waals surface area contributed by atoms with Crippen LogP contribution in [0.2, 0.25) is 0 Å². The van der Waals surface area contributed by atoms with Crippen LogP contribution in [0.1, 0.15) is 45.4 Å². The van der Waals surface area contributed by atoms with E-state index in [1.807, 2.05) is 6.92 Å². The lowest BCUT2D eigenvalue weighted by molar-refractivity contribution is -0.138. The van der Waals surface area contributed by atoms with Gasteiger partial charge in [-0.3, -0.25) is 4.79 Å². The van der Waals surface area contributed by atoms with Gasteiger partial charge >= 0.3 is 5.97 Å². The summed E-state index contributed by atoms with van der Waals surface area (Å²) < 4.78 is 0. The molecule has 0 aromatic heterocycles. The Hall–Kier alpha value is -0.570. The normalized spacial score (nSPS) is 22.4. The molecule has 1 rings (SSSR count). The molecule has 0 amide bonds. The molecule has 0 aromatic carbocycles. The van der Waals surface area contributed by atoms with Crippen molar-refractivity contribution in [1.82, 2.24) is 4.90 Å². The Morgan fingerprint density at radius 3 is 2.21 bits per heavy atom. The lowest BCUT2D eigenvalue weighted by Gasteiger charge is -2.29. The fraction of sp³-hybridized carbons (Fsp3) is 0.909. The van der Waals surface area contributed by atoms with Crippen LogP contribution in [0.15, 0.2) is 0 Å². The van der Waals surface area contributed by atoms with E-state index >= 15 is 0 Å². The predicted molar refractivity (Wildman–Crippen MR) is 56.4 cm³/mol. The van der Waals surface area contributed by atoms with Crippen molar-refractivity contribution in [3.8, 4) is 0 Å². The third-order valence-corrected chi connectivity index (χ3v) is 2.98. The van der Waals surface area contributed by atoms with Crippen LogP contribution in [0.4, 0.5) is 0 Å². The quantitative estimate of drug-likeness (QED) is 0.757. The number of carbonyl (C=O) groups is 1. The number of rotatable bonds is 3. The number of nitrogens with zero attached hydrogens (tertiary/aromatic N) is 1. The van der Waals surface area contributed by atoms with Gasteiger partial charge in [0.25, 0.3) is 0 Å². The van der Waals surface area contributed by atoms with Gasteiger partial charge in [0.15, 0.2) is 0 Å². The summed E-state index contributed by atoms with van der Waals surface area (Å²) in [5, 5.41) is 8.71. The lowest BCUT2D eigenvalue weighted by atomic mass is 10.1. The van der Waals surface area contributed by atoms with Gasteiger partial charge in [0.1, 0.15) is 0 Å². The standard InChI is InChI=1S/C11H21NO2/c1-10(9-11(13)14)12-7-5-3-2-4-6-8-12/h10H,2-9H2,1H3,(H,13,14). The van der Waals surface area contributed by atoms with Crippen molar-refractivity contribution < 1.29 is 9.90 Å². The van der Waals surface area contributed by atoms with Crippen LogP contribution in [-0.2, 0) is 4.79 Å². The molecule has 3 nitrogen and oxygen atoms in total. The highest BCUT2D eigenvalue weighted by Crippen LogP contribution is 2.14. The summed E-state index contributed by atoms with van der Waals surface area (Å²) in [5.74, 6) is -0.681. The molecule has 1 unspecified atom stereocenters. The maximum Gasteiger partial charge on any atom is 0.304 e. The molecule has 1 heterocycles. The lowest BCUT2D eigenvalue weighted by Crippen LogP contribution is -2.37. The number of likely N-dealkylation sites (tertiary alicyclic amines) is 1. The van der Waals surface area contributed by atoms with E-state index in [4.69, 9.17) is 5.11 Å². The fourth-order valence-corrected chi connectivity index (χ4v) is 2.09. The zero-order valence-corrected chi connectivity index (χ0v) is 9.04. The zero-order valence-electron chi connectivity index (χ0n) is 9.04. The molecule has 0 aromatic rings. The molecule has 14 heavy (non-hydrogen) atoms. The van der Waals surface area contributed by atoms with Gasteiger partial charge in [0.05, 0.1) is 6.42 Å². The molecule has 1 fully saturated rings. The second-order valence-electron chi connectivity index (χ2n) is 4.25. The van der Waals surface area contributed by atoms with Crippen molar-refractivity contribution in [2.45, 2.75) is 51.5 Å². The largest absolute Gasteiger partial charge is 0.481 e. The maximum absolute atomic E-state index is 10.6. The second kappa shape index (κ2) is 6.02. The SMILES string of the molecule is CC(CC(=O)O)N1CCCCCCC1. The molecule has 0 spiro atoms. The molecule has 1 saturated heterocycles. The van der Waals surface area contributed by atoms with E-state index in [0.29, 0.717) is 0 Å². The third kappa shape index (κ3) is 4.09. The Balaban J connectivity index is 2.34. The minimum atomic E-state index is -0.681. The molecule has 82 valence electrons. The maximum atomic E-state index is 10.6. The van der Waals surface area contributed by atoms with Gasteiger partial charge in [-0.15, -0.1) is 0 Å². The Bertz CT molecular complexity index is 174.